The summed E-state index contributed by atoms with van der Waals surface area (Å²) in [6.07, 6.45) is -0.222. The van der Waals surface area contributed by atoms with Crippen molar-refractivity contribution in [3.8, 4) is 0 Å². The van der Waals surface area contributed by atoms with Crippen LogP contribution in [0.25, 0.3) is 0 Å². The highest BCUT2D eigenvalue weighted by Gasteiger charge is 2.23. The molecule has 3 N–H and O–H groups in total. The molecule has 0 aromatic rings. The van der Waals surface area contributed by atoms with E-state index >= 15 is 0 Å². The summed E-state index contributed by atoms with van der Waals surface area (Å²) in [5.41, 5.74) is 0. The Hall–Kier alpha value is -1.67. The molecule has 1 aliphatic heterocycles. The number of carbonyl (C=O) groups excluding carboxylic acids is 2. The van der Waals surface area contributed by atoms with Gasteiger partial charge in [0.15, 0.2) is 0 Å². The molecule has 1 aliphatic rings. The lowest BCUT2D eigenvalue weighted by Crippen LogP contribution is -2.45. The molecular formula is C12H20N2O6. The number of amides is 1. The lowest BCUT2D eigenvalue weighted by molar-refractivity contribution is -0.144. The first-order valence-electron chi connectivity index (χ1n) is 6.44. The second-order valence-corrected chi connectivity index (χ2v) is 4.47. The molecule has 1 fully saturated rings. The van der Waals surface area contributed by atoms with Gasteiger partial charge in [0.05, 0.1) is 26.2 Å². The van der Waals surface area contributed by atoms with Crippen molar-refractivity contribution in [2.45, 2.75) is 31.4 Å². The Kier molecular flexibility index (Phi) is 6.96. The van der Waals surface area contributed by atoms with Gasteiger partial charge >= 0.3 is 11.9 Å². The maximum absolute atomic E-state index is 11.7. The van der Waals surface area contributed by atoms with Crippen LogP contribution in [0.3, 0.4) is 0 Å². The standard InChI is InChI=1S/C12H20N2O6/c1-19-11(16)3-2-9(12(17)18)14-10(15)6-8-7-13-4-5-20-8/h8-9,13H,2-7H2,1H3,(H,14,15)(H,17,18)/t8?,9-/m1/s1. The van der Waals surface area contributed by atoms with E-state index in [9.17, 15) is 14.4 Å². The minimum atomic E-state index is -1.18. The molecule has 1 saturated heterocycles. The molecule has 8 heteroatoms. The number of hydrogen-bond donors (Lipinski definition) is 3. The summed E-state index contributed by atoms with van der Waals surface area (Å²) in [5, 5.41) is 14.5. The fourth-order valence-corrected chi connectivity index (χ4v) is 1.83. The van der Waals surface area contributed by atoms with Crippen LogP contribution in [0.2, 0.25) is 0 Å². The maximum Gasteiger partial charge on any atom is 0.326 e. The minimum Gasteiger partial charge on any atom is -0.480 e. The van der Waals surface area contributed by atoms with Crippen molar-refractivity contribution in [3.63, 3.8) is 0 Å². The van der Waals surface area contributed by atoms with Crippen LogP contribution in [0.4, 0.5) is 0 Å². The number of nitrogens with one attached hydrogen (secondary N) is 2. The molecule has 0 aromatic carbocycles. The molecule has 1 unspecified atom stereocenters. The van der Waals surface area contributed by atoms with Crippen LogP contribution in [0.1, 0.15) is 19.3 Å². The molecule has 0 bridgehead atoms. The number of morpholine rings is 1. The van der Waals surface area contributed by atoms with Crippen LogP contribution in [0, 0.1) is 0 Å². The summed E-state index contributed by atoms with van der Waals surface area (Å²) in [6.45, 7) is 1.84. The molecule has 0 aliphatic carbocycles. The van der Waals surface area contributed by atoms with Gasteiger partial charge in [0.2, 0.25) is 5.91 Å². The number of carbonyl (C=O) groups is 3. The van der Waals surface area contributed by atoms with Gasteiger partial charge in [-0.1, -0.05) is 0 Å². The minimum absolute atomic E-state index is 0.00246. The van der Waals surface area contributed by atoms with Gasteiger partial charge in [0, 0.05) is 19.5 Å². The summed E-state index contributed by atoms with van der Waals surface area (Å²) < 4.78 is 9.80. The van der Waals surface area contributed by atoms with Gasteiger partial charge in [-0.2, -0.15) is 0 Å². The molecule has 1 rings (SSSR count). The molecule has 0 aromatic heterocycles. The average Bonchev–Trinajstić information content (AvgIpc) is 2.43. The van der Waals surface area contributed by atoms with E-state index in [1.54, 1.807) is 0 Å². The van der Waals surface area contributed by atoms with Crippen molar-refractivity contribution in [2.75, 3.05) is 26.8 Å². The first-order chi connectivity index (χ1) is 9.52. The van der Waals surface area contributed by atoms with Crippen molar-refractivity contribution in [3.05, 3.63) is 0 Å². The van der Waals surface area contributed by atoms with E-state index in [0.29, 0.717) is 13.2 Å². The fourth-order valence-electron chi connectivity index (χ4n) is 1.83. The average molecular weight is 288 g/mol. The Balaban J connectivity index is 2.37. The number of carboxylic acids is 1. The van der Waals surface area contributed by atoms with Gasteiger partial charge in [-0.15, -0.1) is 0 Å². The highest BCUT2D eigenvalue weighted by molar-refractivity contribution is 5.84. The Bertz CT molecular complexity index is 354. The number of rotatable bonds is 7. The molecular weight excluding hydrogens is 268 g/mol. The van der Waals surface area contributed by atoms with E-state index in [0.717, 1.165) is 6.54 Å². The Morgan fingerprint density at radius 1 is 1.50 bits per heavy atom. The number of aliphatic carboxylic acids is 1. The predicted octanol–water partition coefficient (Wildman–Crippen LogP) is -1.11. The summed E-state index contributed by atoms with van der Waals surface area (Å²) in [7, 11) is 1.23. The van der Waals surface area contributed by atoms with Gasteiger partial charge in [-0.3, -0.25) is 9.59 Å². The van der Waals surface area contributed by atoms with Crippen molar-refractivity contribution >= 4 is 17.8 Å². The number of esters is 1. The number of ether oxygens (including phenoxy) is 2. The summed E-state index contributed by atoms with van der Waals surface area (Å²) in [4.78, 5) is 33.7. The molecule has 8 nitrogen and oxygen atoms in total. The van der Waals surface area contributed by atoms with E-state index in [4.69, 9.17) is 9.84 Å². The van der Waals surface area contributed by atoms with Gasteiger partial charge in [0.1, 0.15) is 6.04 Å². The zero-order valence-electron chi connectivity index (χ0n) is 11.4. The number of hydrogen-bond acceptors (Lipinski definition) is 6. The lowest BCUT2D eigenvalue weighted by atomic mass is 10.1. The lowest BCUT2D eigenvalue weighted by Gasteiger charge is -2.23. The molecule has 114 valence electrons. The maximum atomic E-state index is 11.7. The van der Waals surface area contributed by atoms with Crippen molar-refractivity contribution < 1.29 is 29.0 Å². The van der Waals surface area contributed by atoms with Crippen LogP contribution < -0.4 is 10.6 Å². The molecule has 0 spiro atoms. The monoisotopic (exact) mass is 288 g/mol. The number of carboxylic acid groups (broad SMARTS) is 1. The van der Waals surface area contributed by atoms with Crippen LogP contribution in [0.15, 0.2) is 0 Å². The van der Waals surface area contributed by atoms with E-state index in [2.05, 4.69) is 15.4 Å². The van der Waals surface area contributed by atoms with E-state index in [1.807, 2.05) is 0 Å². The smallest absolute Gasteiger partial charge is 0.326 e. The van der Waals surface area contributed by atoms with Crippen molar-refractivity contribution in [1.29, 1.82) is 0 Å². The van der Waals surface area contributed by atoms with E-state index < -0.39 is 23.9 Å². The third-order valence-electron chi connectivity index (χ3n) is 2.92. The highest BCUT2D eigenvalue weighted by atomic mass is 16.5. The number of methoxy groups -OCH3 is 1. The van der Waals surface area contributed by atoms with E-state index in [1.165, 1.54) is 7.11 Å². The zero-order valence-corrected chi connectivity index (χ0v) is 11.4. The molecule has 1 amide bonds. The summed E-state index contributed by atoms with van der Waals surface area (Å²) in [6, 6.07) is -1.10. The van der Waals surface area contributed by atoms with Gasteiger partial charge in [0.25, 0.3) is 0 Å². The Morgan fingerprint density at radius 2 is 2.25 bits per heavy atom. The normalized spacial score (nSPS) is 19.9. The topological polar surface area (TPSA) is 114 Å². The third kappa shape index (κ3) is 5.98. The Morgan fingerprint density at radius 3 is 2.80 bits per heavy atom. The van der Waals surface area contributed by atoms with Crippen molar-refractivity contribution in [1.82, 2.24) is 10.6 Å². The summed E-state index contributed by atoms with van der Waals surface area (Å²) >= 11 is 0. The SMILES string of the molecule is COC(=O)CC[C@@H](NC(=O)CC1CNCCO1)C(=O)O. The summed E-state index contributed by atoms with van der Waals surface area (Å²) in [5.74, 6) is -2.09. The van der Waals surface area contributed by atoms with Crippen LogP contribution in [-0.4, -0.2) is 61.9 Å². The third-order valence-corrected chi connectivity index (χ3v) is 2.92. The Labute approximate surface area is 116 Å². The molecule has 1 heterocycles. The first-order valence-corrected chi connectivity index (χ1v) is 6.44. The van der Waals surface area contributed by atoms with E-state index in [-0.39, 0.29) is 25.4 Å². The van der Waals surface area contributed by atoms with Gasteiger partial charge < -0.3 is 25.2 Å². The molecule has 0 radical (unpaired) electrons. The fraction of sp³-hybridized carbons (Fsp3) is 0.750. The van der Waals surface area contributed by atoms with Gasteiger partial charge in [-0.05, 0) is 6.42 Å². The van der Waals surface area contributed by atoms with Crippen LogP contribution >= 0.6 is 0 Å². The van der Waals surface area contributed by atoms with Crippen LogP contribution in [-0.2, 0) is 23.9 Å². The zero-order chi connectivity index (χ0) is 15.0. The second kappa shape index (κ2) is 8.49. The van der Waals surface area contributed by atoms with Crippen LogP contribution in [0.5, 0.6) is 0 Å². The molecule has 20 heavy (non-hydrogen) atoms. The quantitative estimate of drug-likeness (QED) is 0.509. The second-order valence-electron chi connectivity index (χ2n) is 4.47. The van der Waals surface area contributed by atoms with Crippen molar-refractivity contribution in [2.24, 2.45) is 0 Å². The van der Waals surface area contributed by atoms with Gasteiger partial charge in [-0.25, -0.2) is 4.79 Å². The highest BCUT2D eigenvalue weighted by Crippen LogP contribution is 2.04. The first kappa shape index (κ1) is 16.4. The largest absolute Gasteiger partial charge is 0.480 e. The predicted molar refractivity (Wildman–Crippen MR) is 68.0 cm³/mol. The molecule has 2 atom stereocenters. The molecule has 0 saturated carbocycles.